The van der Waals surface area contributed by atoms with E-state index in [2.05, 4.69) is 20.2 Å². The minimum atomic E-state index is -0.747. The van der Waals surface area contributed by atoms with Crippen LogP contribution < -0.4 is 16.8 Å². The molecule has 2 heterocycles. The zero-order chi connectivity index (χ0) is 15.6. The first-order chi connectivity index (χ1) is 9.93. The number of aromatic nitrogens is 2. The highest BCUT2D eigenvalue weighted by molar-refractivity contribution is 7.19. The van der Waals surface area contributed by atoms with Crippen LogP contribution in [0.5, 0.6) is 0 Å². The Balaban J connectivity index is 2.29. The van der Waals surface area contributed by atoms with Crippen molar-refractivity contribution in [2.24, 2.45) is 5.73 Å². The molecule has 0 spiro atoms. The van der Waals surface area contributed by atoms with Crippen molar-refractivity contribution in [1.82, 2.24) is 10.1 Å². The molecular formula is C11H13N5O4S. The van der Waals surface area contributed by atoms with Crippen molar-refractivity contribution in [3.05, 3.63) is 22.2 Å². The number of rotatable bonds is 5. The molecule has 2 rings (SSSR count). The molecule has 0 unspecified atom stereocenters. The van der Waals surface area contributed by atoms with Crippen molar-refractivity contribution in [1.29, 1.82) is 0 Å². The largest absolute Gasteiger partial charge is 0.465 e. The summed E-state index contributed by atoms with van der Waals surface area (Å²) in [5.41, 5.74) is 11.1. The van der Waals surface area contributed by atoms with Gasteiger partial charge in [0, 0.05) is 0 Å². The third kappa shape index (κ3) is 2.94. The first-order valence-corrected chi connectivity index (χ1v) is 6.59. The lowest BCUT2D eigenvalue weighted by molar-refractivity contribution is 0.0607. The number of ether oxygens (including phenoxy) is 1. The summed E-state index contributed by atoms with van der Waals surface area (Å²) in [6.07, 6.45) is 0. The molecular weight excluding hydrogens is 298 g/mol. The highest BCUT2D eigenvalue weighted by atomic mass is 32.1. The topological polar surface area (TPSA) is 146 Å². The number of aryl methyl sites for hydroxylation is 1. The Hall–Kier alpha value is -2.62. The van der Waals surface area contributed by atoms with Crippen LogP contribution in [0.2, 0.25) is 0 Å². The maximum atomic E-state index is 11.6. The maximum Gasteiger partial charge on any atom is 0.350 e. The van der Waals surface area contributed by atoms with Gasteiger partial charge in [-0.3, -0.25) is 4.79 Å². The monoisotopic (exact) mass is 311 g/mol. The smallest absolute Gasteiger partial charge is 0.350 e. The highest BCUT2D eigenvalue weighted by Gasteiger charge is 2.24. The third-order valence-corrected chi connectivity index (χ3v) is 3.68. The van der Waals surface area contributed by atoms with Crippen LogP contribution in [-0.4, -0.2) is 29.1 Å². The number of nitrogen functional groups attached to an aromatic ring is 1. The zero-order valence-corrected chi connectivity index (χ0v) is 12.1. The summed E-state index contributed by atoms with van der Waals surface area (Å²) in [7, 11) is 1.22. The zero-order valence-electron chi connectivity index (χ0n) is 11.3. The fraction of sp³-hybridized carbons (Fsp3) is 0.273. The molecule has 0 aliphatic heterocycles. The number of carbonyl (C=O) groups excluding carboxylic acids is 2. The quantitative estimate of drug-likeness (QED) is 0.677. The van der Waals surface area contributed by atoms with Gasteiger partial charge in [-0.15, -0.1) is 11.3 Å². The summed E-state index contributed by atoms with van der Waals surface area (Å²) in [5.74, 6) is -0.567. The molecule has 2 aromatic heterocycles. The predicted molar refractivity (Wildman–Crippen MR) is 75.0 cm³/mol. The van der Waals surface area contributed by atoms with E-state index in [-0.39, 0.29) is 22.7 Å². The van der Waals surface area contributed by atoms with Crippen LogP contribution >= 0.6 is 11.3 Å². The van der Waals surface area contributed by atoms with Gasteiger partial charge in [0.15, 0.2) is 5.82 Å². The minimum Gasteiger partial charge on any atom is -0.465 e. The normalized spacial score (nSPS) is 10.4. The summed E-state index contributed by atoms with van der Waals surface area (Å²) in [6.45, 7) is 1.85. The Labute approximate surface area is 123 Å². The van der Waals surface area contributed by atoms with Crippen molar-refractivity contribution < 1.29 is 18.8 Å². The number of nitrogens with zero attached hydrogens (tertiary/aromatic N) is 2. The Bertz CT molecular complexity index is 693. The van der Waals surface area contributed by atoms with E-state index in [0.29, 0.717) is 16.7 Å². The van der Waals surface area contributed by atoms with Gasteiger partial charge >= 0.3 is 5.97 Å². The van der Waals surface area contributed by atoms with Gasteiger partial charge in [0.25, 0.3) is 5.91 Å². The average Bonchev–Trinajstić information content (AvgIpc) is 2.99. The SMILES string of the molecule is COC(=O)c1sc(NCc2nc(C)no2)c(C(N)=O)c1N. The van der Waals surface area contributed by atoms with Gasteiger partial charge in [-0.2, -0.15) is 4.98 Å². The summed E-state index contributed by atoms with van der Waals surface area (Å²) >= 11 is 0.972. The standard InChI is InChI=1S/C11H13N5O4S/c1-4-15-5(20-16-4)3-14-10-6(9(13)17)7(12)8(21-10)11(18)19-2/h14H,3,12H2,1-2H3,(H2,13,17). The van der Waals surface area contributed by atoms with Crippen molar-refractivity contribution in [2.75, 3.05) is 18.2 Å². The van der Waals surface area contributed by atoms with E-state index in [0.717, 1.165) is 11.3 Å². The van der Waals surface area contributed by atoms with Crippen molar-refractivity contribution in [3.63, 3.8) is 0 Å². The fourth-order valence-corrected chi connectivity index (χ4v) is 2.66. The lowest BCUT2D eigenvalue weighted by atomic mass is 10.2. The molecule has 9 nitrogen and oxygen atoms in total. The number of methoxy groups -OCH3 is 1. The van der Waals surface area contributed by atoms with Crippen LogP contribution in [-0.2, 0) is 11.3 Å². The van der Waals surface area contributed by atoms with Crippen LogP contribution in [0, 0.1) is 6.92 Å². The Kier molecular flexibility index (Phi) is 4.08. The van der Waals surface area contributed by atoms with Crippen LogP contribution in [0.25, 0.3) is 0 Å². The van der Waals surface area contributed by atoms with E-state index < -0.39 is 11.9 Å². The van der Waals surface area contributed by atoms with Gasteiger partial charge in [0.1, 0.15) is 9.88 Å². The van der Waals surface area contributed by atoms with Gasteiger partial charge in [0.05, 0.1) is 24.9 Å². The third-order valence-electron chi connectivity index (χ3n) is 2.53. The van der Waals surface area contributed by atoms with E-state index in [1.165, 1.54) is 7.11 Å². The number of hydrogen-bond acceptors (Lipinski definition) is 9. The molecule has 1 amide bonds. The number of carbonyl (C=O) groups is 2. The van der Waals surface area contributed by atoms with E-state index in [4.69, 9.17) is 16.0 Å². The van der Waals surface area contributed by atoms with Crippen LogP contribution in [0.1, 0.15) is 31.7 Å². The molecule has 112 valence electrons. The Morgan fingerprint density at radius 3 is 2.71 bits per heavy atom. The van der Waals surface area contributed by atoms with Crippen LogP contribution in [0.15, 0.2) is 4.52 Å². The van der Waals surface area contributed by atoms with Crippen molar-refractivity contribution >= 4 is 33.9 Å². The molecule has 0 aromatic carbocycles. The van der Waals surface area contributed by atoms with Crippen LogP contribution in [0.4, 0.5) is 10.7 Å². The first kappa shape index (κ1) is 14.8. The molecule has 0 bridgehead atoms. The molecule has 10 heteroatoms. The summed E-state index contributed by atoms with van der Waals surface area (Å²) in [5, 5.41) is 6.88. The average molecular weight is 311 g/mol. The van der Waals surface area contributed by atoms with E-state index >= 15 is 0 Å². The van der Waals surface area contributed by atoms with E-state index in [9.17, 15) is 9.59 Å². The minimum absolute atomic E-state index is 0.0106. The van der Waals surface area contributed by atoms with Crippen LogP contribution in [0.3, 0.4) is 0 Å². The number of amides is 1. The lowest BCUT2D eigenvalue weighted by Gasteiger charge is -2.02. The molecule has 0 aliphatic carbocycles. The molecule has 0 aliphatic rings. The molecule has 0 atom stereocenters. The number of anilines is 2. The Morgan fingerprint density at radius 1 is 1.48 bits per heavy atom. The van der Waals surface area contributed by atoms with Gasteiger partial charge < -0.3 is 26.0 Å². The number of thiophene rings is 1. The highest BCUT2D eigenvalue weighted by Crippen LogP contribution is 2.36. The number of nitrogens with one attached hydrogen (secondary N) is 1. The summed E-state index contributed by atoms with van der Waals surface area (Å²) < 4.78 is 9.54. The first-order valence-electron chi connectivity index (χ1n) is 5.77. The molecule has 0 saturated carbocycles. The molecule has 0 fully saturated rings. The van der Waals surface area contributed by atoms with Gasteiger partial charge in [-0.05, 0) is 6.92 Å². The predicted octanol–water partition coefficient (Wildman–Crippen LogP) is 0.519. The van der Waals surface area contributed by atoms with Gasteiger partial charge in [-0.1, -0.05) is 5.16 Å². The van der Waals surface area contributed by atoms with Crippen molar-refractivity contribution in [2.45, 2.75) is 13.5 Å². The second-order valence-electron chi connectivity index (χ2n) is 3.99. The fourth-order valence-electron chi connectivity index (χ4n) is 1.63. The van der Waals surface area contributed by atoms with Crippen molar-refractivity contribution in [3.8, 4) is 0 Å². The summed E-state index contributed by atoms with van der Waals surface area (Å²) in [6, 6.07) is 0. The van der Waals surface area contributed by atoms with E-state index in [1.54, 1.807) is 6.92 Å². The second-order valence-corrected chi connectivity index (χ2v) is 5.01. The Morgan fingerprint density at radius 2 is 2.19 bits per heavy atom. The molecule has 21 heavy (non-hydrogen) atoms. The second kappa shape index (κ2) is 5.79. The number of esters is 1. The maximum absolute atomic E-state index is 11.6. The van der Waals surface area contributed by atoms with Gasteiger partial charge in [-0.25, -0.2) is 4.79 Å². The number of nitrogens with two attached hydrogens (primary N) is 2. The molecule has 2 aromatic rings. The van der Waals surface area contributed by atoms with E-state index in [1.807, 2.05) is 0 Å². The molecule has 5 N–H and O–H groups in total. The summed E-state index contributed by atoms with van der Waals surface area (Å²) in [4.78, 5) is 27.2. The number of primary amides is 1. The lowest BCUT2D eigenvalue weighted by Crippen LogP contribution is -2.15. The molecule has 0 saturated heterocycles. The number of hydrogen-bond donors (Lipinski definition) is 3. The van der Waals surface area contributed by atoms with Gasteiger partial charge in [0.2, 0.25) is 5.89 Å². The molecule has 0 radical (unpaired) electrons.